The van der Waals surface area contributed by atoms with Crippen molar-refractivity contribution < 1.29 is 9.53 Å². The Morgan fingerprint density at radius 1 is 1.33 bits per heavy atom. The zero-order valence-corrected chi connectivity index (χ0v) is 7.64. The zero-order chi connectivity index (χ0) is 8.10. The Morgan fingerprint density at radius 2 is 1.92 bits per heavy atom. The van der Waals surface area contributed by atoms with Crippen LogP contribution in [0, 0.1) is 0 Å². The fraction of sp³-hybridized carbons (Fsp3) is 0.222. The number of carbonyl (C=O) groups excluding carboxylic acids is 1. The third kappa shape index (κ3) is 3.39. The second-order valence-electron chi connectivity index (χ2n) is 2.14. The number of esters is 1. The van der Waals surface area contributed by atoms with Crippen LogP contribution in [0.2, 0.25) is 0 Å². The van der Waals surface area contributed by atoms with Gasteiger partial charge < -0.3 is 4.74 Å². The Balaban J connectivity index is 0.00000121. The average Bonchev–Trinajstić information content (AvgIpc) is 2.06. The molecule has 1 aromatic rings. The molecule has 0 aliphatic carbocycles. The van der Waals surface area contributed by atoms with Gasteiger partial charge in [0.1, 0.15) is 5.75 Å². The lowest BCUT2D eigenvalue weighted by atomic mass is 10.3. The van der Waals surface area contributed by atoms with Crippen LogP contribution in [-0.4, -0.2) is 5.97 Å². The maximum Gasteiger partial charge on any atom is 0.310 e. The van der Waals surface area contributed by atoms with Gasteiger partial charge in [0.25, 0.3) is 0 Å². The lowest BCUT2D eigenvalue weighted by Gasteiger charge is -1.99. The Hall–Kier alpha value is -1.02. The van der Waals surface area contributed by atoms with Gasteiger partial charge >= 0.3 is 5.97 Å². The molecule has 1 aromatic carbocycles. The van der Waals surface area contributed by atoms with Gasteiger partial charge in [-0.05, 0) is 12.1 Å². The van der Waals surface area contributed by atoms with Crippen molar-refractivity contribution in [1.82, 2.24) is 0 Å². The van der Waals surface area contributed by atoms with E-state index in [-0.39, 0.29) is 18.4 Å². The summed E-state index contributed by atoms with van der Waals surface area (Å²) < 4.78 is 4.92. The molecule has 12 heavy (non-hydrogen) atoms. The molecule has 0 saturated heterocycles. The number of carbonyl (C=O) groups is 1. The normalized spacial score (nSPS) is 8.42. The predicted molar refractivity (Wildman–Crippen MR) is 49.6 cm³/mol. The fourth-order valence-electron chi connectivity index (χ4n) is 0.692. The molecule has 0 aliphatic rings. The van der Waals surface area contributed by atoms with E-state index in [4.69, 9.17) is 4.74 Å². The molecule has 0 fully saturated rings. The van der Waals surface area contributed by atoms with Gasteiger partial charge in [0.05, 0.1) is 0 Å². The molecule has 0 N–H and O–H groups in total. The summed E-state index contributed by atoms with van der Waals surface area (Å²) in [5.41, 5.74) is 0. The van der Waals surface area contributed by atoms with E-state index in [1.807, 2.05) is 18.2 Å². The molecule has 3 heteroatoms. The number of ether oxygens (including phenoxy) is 1. The number of benzene rings is 1. The van der Waals surface area contributed by atoms with E-state index in [1.54, 1.807) is 19.1 Å². The molecule has 2 nitrogen and oxygen atoms in total. The van der Waals surface area contributed by atoms with Crippen molar-refractivity contribution in [2.75, 3.05) is 0 Å². The molecule has 0 radical (unpaired) electrons. The molecule has 0 saturated carbocycles. The second kappa shape index (κ2) is 5.61. The van der Waals surface area contributed by atoms with E-state index < -0.39 is 0 Å². The first-order valence-electron chi connectivity index (χ1n) is 3.58. The zero-order valence-electron chi connectivity index (χ0n) is 6.82. The van der Waals surface area contributed by atoms with E-state index >= 15 is 0 Å². The number of halogens is 1. The Kier molecular flexibility index (Phi) is 5.13. The average molecular weight is 187 g/mol. The molecule has 0 heterocycles. The van der Waals surface area contributed by atoms with Gasteiger partial charge in [0, 0.05) is 6.42 Å². The summed E-state index contributed by atoms with van der Waals surface area (Å²) in [4.78, 5) is 10.8. The molecule has 0 amide bonds. The summed E-state index contributed by atoms with van der Waals surface area (Å²) >= 11 is 0. The molecule has 0 spiro atoms. The highest BCUT2D eigenvalue weighted by atomic mass is 35.5. The summed E-state index contributed by atoms with van der Waals surface area (Å²) in [6.45, 7) is 1.77. The highest BCUT2D eigenvalue weighted by Crippen LogP contribution is 2.08. The van der Waals surface area contributed by atoms with Crippen molar-refractivity contribution in [3.8, 4) is 5.75 Å². The lowest BCUT2D eigenvalue weighted by Crippen LogP contribution is -2.04. The van der Waals surface area contributed by atoms with Crippen LogP contribution in [0.1, 0.15) is 13.3 Å². The Labute approximate surface area is 78.0 Å². The van der Waals surface area contributed by atoms with Crippen LogP contribution in [0.4, 0.5) is 0 Å². The summed E-state index contributed by atoms with van der Waals surface area (Å²) in [7, 11) is 0. The van der Waals surface area contributed by atoms with E-state index in [0.717, 1.165) is 0 Å². The molecule has 0 aliphatic heterocycles. The smallest absolute Gasteiger partial charge is 0.310 e. The topological polar surface area (TPSA) is 26.3 Å². The quantitative estimate of drug-likeness (QED) is 0.524. The molecule has 0 aromatic heterocycles. The summed E-state index contributed by atoms with van der Waals surface area (Å²) in [5.74, 6) is 0.413. The van der Waals surface area contributed by atoms with Crippen LogP contribution in [-0.2, 0) is 4.79 Å². The van der Waals surface area contributed by atoms with E-state index in [9.17, 15) is 4.79 Å². The van der Waals surface area contributed by atoms with Crippen LogP contribution in [0.25, 0.3) is 0 Å². The maximum atomic E-state index is 10.8. The predicted octanol–water partition coefficient (Wildman–Crippen LogP) is 2.42. The minimum Gasteiger partial charge on any atom is -0.427 e. The van der Waals surface area contributed by atoms with Gasteiger partial charge in [-0.1, -0.05) is 25.1 Å². The molecule has 66 valence electrons. The second-order valence-corrected chi connectivity index (χ2v) is 2.14. The van der Waals surface area contributed by atoms with Crippen molar-refractivity contribution in [3.05, 3.63) is 30.3 Å². The van der Waals surface area contributed by atoms with Gasteiger partial charge in [-0.3, -0.25) is 4.79 Å². The number of hydrogen-bond donors (Lipinski definition) is 0. The first kappa shape index (κ1) is 11.0. The van der Waals surface area contributed by atoms with Gasteiger partial charge in [-0.2, -0.15) is 0 Å². The minimum atomic E-state index is -0.198. The lowest BCUT2D eigenvalue weighted by molar-refractivity contribution is -0.134. The summed E-state index contributed by atoms with van der Waals surface area (Å²) in [5, 5.41) is 0. The van der Waals surface area contributed by atoms with Crippen molar-refractivity contribution in [2.45, 2.75) is 13.3 Å². The van der Waals surface area contributed by atoms with Gasteiger partial charge in [0.2, 0.25) is 0 Å². The molecular formula is C9H11ClO2. The SMILES string of the molecule is CCC(=O)Oc1ccccc1.Cl. The highest BCUT2D eigenvalue weighted by molar-refractivity contribution is 5.85. The Morgan fingerprint density at radius 3 is 2.42 bits per heavy atom. The van der Waals surface area contributed by atoms with Crippen molar-refractivity contribution in [3.63, 3.8) is 0 Å². The minimum absolute atomic E-state index is 0. The van der Waals surface area contributed by atoms with E-state index in [0.29, 0.717) is 12.2 Å². The molecule has 0 unspecified atom stereocenters. The standard InChI is InChI=1S/C9H10O2.ClH/c1-2-9(10)11-8-6-4-3-5-7-8;/h3-7H,2H2,1H3;1H. The third-order valence-electron chi connectivity index (χ3n) is 1.26. The van der Waals surface area contributed by atoms with Crippen LogP contribution in [0.15, 0.2) is 30.3 Å². The molecular weight excluding hydrogens is 176 g/mol. The van der Waals surface area contributed by atoms with Gasteiger partial charge in [0.15, 0.2) is 0 Å². The molecule has 0 atom stereocenters. The summed E-state index contributed by atoms with van der Waals surface area (Å²) in [6.07, 6.45) is 0.412. The molecule has 0 bridgehead atoms. The number of para-hydroxylation sites is 1. The van der Waals surface area contributed by atoms with Crippen molar-refractivity contribution in [1.29, 1.82) is 0 Å². The molecule has 1 rings (SSSR count). The van der Waals surface area contributed by atoms with Crippen LogP contribution >= 0.6 is 12.4 Å². The highest BCUT2D eigenvalue weighted by Gasteiger charge is 1.98. The van der Waals surface area contributed by atoms with Crippen molar-refractivity contribution in [2.24, 2.45) is 0 Å². The van der Waals surface area contributed by atoms with Crippen LogP contribution in [0.3, 0.4) is 0 Å². The van der Waals surface area contributed by atoms with E-state index in [1.165, 1.54) is 0 Å². The van der Waals surface area contributed by atoms with E-state index in [2.05, 4.69) is 0 Å². The maximum absolute atomic E-state index is 10.8. The Bertz CT molecular complexity index is 234. The number of rotatable bonds is 2. The fourth-order valence-corrected chi connectivity index (χ4v) is 0.692. The summed E-state index contributed by atoms with van der Waals surface area (Å²) in [6, 6.07) is 9.06. The largest absolute Gasteiger partial charge is 0.427 e. The van der Waals surface area contributed by atoms with Crippen LogP contribution in [0.5, 0.6) is 5.75 Å². The first-order valence-corrected chi connectivity index (χ1v) is 3.58. The van der Waals surface area contributed by atoms with Crippen molar-refractivity contribution >= 4 is 18.4 Å². The van der Waals surface area contributed by atoms with Gasteiger partial charge in [-0.25, -0.2) is 0 Å². The third-order valence-corrected chi connectivity index (χ3v) is 1.26. The monoisotopic (exact) mass is 186 g/mol. The van der Waals surface area contributed by atoms with Gasteiger partial charge in [-0.15, -0.1) is 12.4 Å². The number of hydrogen-bond acceptors (Lipinski definition) is 2. The first-order chi connectivity index (χ1) is 5.33. The van der Waals surface area contributed by atoms with Crippen LogP contribution < -0.4 is 4.74 Å².